The van der Waals surface area contributed by atoms with E-state index in [2.05, 4.69) is 15.7 Å². The van der Waals surface area contributed by atoms with Crippen molar-refractivity contribution in [3.8, 4) is 0 Å². The molecule has 1 heterocycles. The summed E-state index contributed by atoms with van der Waals surface area (Å²) in [5.74, 6) is 0.689. The summed E-state index contributed by atoms with van der Waals surface area (Å²) in [6.45, 7) is 4.04. The van der Waals surface area contributed by atoms with Gasteiger partial charge in [-0.15, -0.1) is 0 Å². The third kappa shape index (κ3) is 2.95. The summed E-state index contributed by atoms with van der Waals surface area (Å²) in [6, 6.07) is 9.41. The number of anilines is 1. The standard InChI is InChI=1S/C16H19ClN4O/c1-11(2)21-14(6-9-18-21)19-15(22)20-16(7-8-16)12-4-3-5-13(17)10-12/h3-6,9-11H,7-8H2,1-2H3,(H2,19,20,22). The van der Waals surface area contributed by atoms with E-state index < -0.39 is 0 Å². The number of rotatable bonds is 4. The van der Waals surface area contributed by atoms with Gasteiger partial charge in [0.1, 0.15) is 5.82 Å². The molecule has 1 aliphatic carbocycles. The predicted octanol–water partition coefficient (Wildman–Crippen LogP) is 3.93. The molecule has 0 radical (unpaired) electrons. The van der Waals surface area contributed by atoms with Crippen molar-refractivity contribution < 1.29 is 4.79 Å². The van der Waals surface area contributed by atoms with Gasteiger partial charge in [-0.2, -0.15) is 5.10 Å². The minimum Gasteiger partial charge on any atom is -0.328 e. The van der Waals surface area contributed by atoms with Gasteiger partial charge in [0.2, 0.25) is 0 Å². The molecule has 116 valence electrons. The molecule has 0 unspecified atom stereocenters. The van der Waals surface area contributed by atoms with Crippen LogP contribution in [0.2, 0.25) is 5.02 Å². The first-order valence-corrected chi connectivity index (χ1v) is 7.77. The summed E-state index contributed by atoms with van der Waals surface area (Å²) >= 11 is 6.05. The molecule has 0 atom stereocenters. The van der Waals surface area contributed by atoms with Crippen LogP contribution in [0, 0.1) is 0 Å². The Hall–Kier alpha value is -2.01. The SMILES string of the molecule is CC(C)n1nccc1NC(=O)NC1(c2cccc(Cl)c2)CC1. The number of nitrogens with zero attached hydrogens (tertiary/aromatic N) is 2. The number of hydrogen-bond acceptors (Lipinski definition) is 2. The molecule has 3 rings (SSSR count). The second-order valence-electron chi connectivity index (χ2n) is 5.93. The molecule has 0 spiro atoms. The zero-order chi connectivity index (χ0) is 15.7. The molecular weight excluding hydrogens is 300 g/mol. The van der Waals surface area contributed by atoms with Gasteiger partial charge in [-0.3, -0.25) is 5.32 Å². The van der Waals surface area contributed by atoms with Crippen molar-refractivity contribution in [2.24, 2.45) is 0 Å². The number of carbonyl (C=O) groups excluding carboxylic acids is 1. The zero-order valence-electron chi connectivity index (χ0n) is 12.6. The molecule has 1 fully saturated rings. The van der Waals surface area contributed by atoms with Crippen molar-refractivity contribution in [3.05, 3.63) is 47.1 Å². The maximum atomic E-state index is 12.3. The van der Waals surface area contributed by atoms with Gasteiger partial charge in [-0.05, 0) is 44.4 Å². The molecule has 0 aliphatic heterocycles. The molecule has 0 saturated heterocycles. The quantitative estimate of drug-likeness (QED) is 0.897. The Morgan fingerprint density at radius 2 is 2.14 bits per heavy atom. The summed E-state index contributed by atoms with van der Waals surface area (Å²) in [6.07, 6.45) is 3.52. The molecule has 0 bridgehead atoms. The largest absolute Gasteiger partial charge is 0.328 e. The summed E-state index contributed by atoms with van der Waals surface area (Å²) in [5, 5.41) is 10.8. The lowest BCUT2D eigenvalue weighted by atomic mass is 10.1. The number of carbonyl (C=O) groups is 1. The minimum atomic E-state index is -0.294. The second kappa shape index (κ2) is 5.65. The Morgan fingerprint density at radius 3 is 2.77 bits per heavy atom. The highest BCUT2D eigenvalue weighted by Crippen LogP contribution is 2.46. The normalized spacial score (nSPS) is 15.6. The average molecular weight is 319 g/mol. The van der Waals surface area contributed by atoms with Gasteiger partial charge in [0.25, 0.3) is 0 Å². The van der Waals surface area contributed by atoms with Crippen molar-refractivity contribution in [2.75, 3.05) is 5.32 Å². The van der Waals surface area contributed by atoms with Gasteiger partial charge in [0, 0.05) is 17.1 Å². The molecule has 2 N–H and O–H groups in total. The van der Waals surface area contributed by atoms with Crippen LogP contribution in [0.15, 0.2) is 36.5 Å². The molecule has 22 heavy (non-hydrogen) atoms. The highest BCUT2D eigenvalue weighted by Gasteiger charge is 2.45. The topological polar surface area (TPSA) is 59.0 Å². The van der Waals surface area contributed by atoms with Crippen LogP contribution in [0.4, 0.5) is 10.6 Å². The monoisotopic (exact) mass is 318 g/mol. The van der Waals surface area contributed by atoms with E-state index in [1.165, 1.54) is 0 Å². The van der Waals surface area contributed by atoms with Gasteiger partial charge >= 0.3 is 6.03 Å². The molecule has 2 aromatic rings. The van der Waals surface area contributed by atoms with Crippen LogP contribution in [0.5, 0.6) is 0 Å². The average Bonchev–Trinajstić information content (AvgIpc) is 3.08. The molecule has 2 amide bonds. The second-order valence-corrected chi connectivity index (χ2v) is 6.36. The number of amides is 2. The van der Waals surface area contributed by atoms with Crippen molar-refractivity contribution >= 4 is 23.4 Å². The molecular formula is C16H19ClN4O. The Morgan fingerprint density at radius 1 is 1.36 bits per heavy atom. The fraction of sp³-hybridized carbons (Fsp3) is 0.375. The van der Waals surface area contributed by atoms with Gasteiger partial charge in [0.15, 0.2) is 0 Å². The number of nitrogens with one attached hydrogen (secondary N) is 2. The van der Waals surface area contributed by atoms with Gasteiger partial charge in [0.05, 0.1) is 11.7 Å². The van der Waals surface area contributed by atoms with E-state index in [4.69, 9.17) is 11.6 Å². The first-order chi connectivity index (χ1) is 10.5. The number of benzene rings is 1. The van der Waals surface area contributed by atoms with Crippen LogP contribution in [-0.4, -0.2) is 15.8 Å². The van der Waals surface area contributed by atoms with Crippen LogP contribution < -0.4 is 10.6 Å². The minimum absolute atomic E-state index is 0.188. The molecule has 5 nitrogen and oxygen atoms in total. The van der Waals surface area contributed by atoms with E-state index in [1.807, 2.05) is 38.1 Å². The molecule has 1 aliphatic rings. The summed E-state index contributed by atoms with van der Waals surface area (Å²) in [5.41, 5.74) is 0.755. The van der Waals surface area contributed by atoms with Crippen LogP contribution in [0.1, 0.15) is 38.3 Å². The molecule has 6 heteroatoms. The fourth-order valence-corrected chi connectivity index (χ4v) is 2.78. The van der Waals surface area contributed by atoms with E-state index in [0.717, 1.165) is 18.4 Å². The number of urea groups is 1. The summed E-state index contributed by atoms with van der Waals surface area (Å²) in [7, 11) is 0. The zero-order valence-corrected chi connectivity index (χ0v) is 13.4. The van der Waals surface area contributed by atoms with Crippen molar-refractivity contribution in [1.82, 2.24) is 15.1 Å². The Balaban J connectivity index is 1.71. The van der Waals surface area contributed by atoms with Crippen molar-refractivity contribution in [3.63, 3.8) is 0 Å². The van der Waals surface area contributed by atoms with Crippen molar-refractivity contribution in [2.45, 2.75) is 38.3 Å². The fourth-order valence-electron chi connectivity index (χ4n) is 2.59. The first-order valence-electron chi connectivity index (χ1n) is 7.39. The van der Waals surface area contributed by atoms with Crippen LogP contribution in [-0.2, 0) is 5.54 Å². The Bertz CT molecular complexity index is 691. The van der Waals surface area contributed by atoms with Gasteiger partial charge in [-0.25, -0.2) is 9.48 Å². The maximum absolute atomic E-state index is 12.3. The van der Waals surface area contributed by atoms with Gasteiger partial charge < -0.3 is 5.32 Å². The lowest BCUT2D eigenvalue weighted by Gasteiger charge is -2.19. The van der Waals surface area contributed by atoms with E-state index in [-0.39, 0.29) is 17.6 Å². The highest BCUT2D eigenvalue weighted by atomic mass is 35.5. The molecule has 1 aromatic heterocycles. The Labute approximate surface area is 134 Å². The van der Waals surface area contributed by atoms with E-state index in [0.29, 0.717) is 10.8 Å². The Kier molecular flexibility index (Phi) is 3.83. The molecule has 1 aromatic carbocycles. The van der Waals surface area contributed by atoms with Crippen LogP contribution in [0.25, 0.3) is 0 Å². The number of halogens is 1. The van der Waals surface area contributed by atoms with Gasteiger partial charge in [-0.1, -0.05) is 23.7 Å². The first kappa shape index (κ1) is 14.9. The lowest BCUT2D eigenvalue weighted by molar-refractivity contribution is 0.247. The highest BCUT2D eigenvalue weighted by molar-refractivity contribution is 6.30. The number of hydrogen-bond donors (Lipinski definition) is 2. The van der Waals surface area contributed by atoms with Crippen LogP contribution in [0.3, 0.4) is 0 Å². The smallest absolute Gasteiger partial charge is 0.321 e. The maximum Gasteiger partial charge on any atom is 0.321 e. The third-order valence-corrected chi connectivity index (χ3v) is 4.12. The summed E-state index contributed by atoms with van der Waals surface area (Å²) < 4.78 is 1.78. The van der Waals surface area contributed by atoms with E-state index in [1.54, 1.807) is 16.9 Å². The van der Waals surface area contributed by atoms with Crippen molar-refractivity contribution in [1.29, 1.82) is 0 Å². The van der Waals surface area contributed by atoms with Crippen LogP contribution >= 0.6 is 11.6 Å². The van der Waals surface area contributed by atoms with E-state index in [9.17, 15) is 4.79 Å². The molecule has 1 saturated carbocycles. The predicted molar refractivity (Wildman–Crippen MR) is 87.1 cm³/mol. The third-order valence-electron chi connectivity index (χ3n) is 3.88. The lowest BCUT2D eigenvalue weighted by Crippen LogP contribution is -2.38. The summed E-state index contributed by atoms with van der Waals surface area (Å²) in [4.78, 5) is 12.3. The van der Waals surface area contributed by atoms with E-state index >= 15 is 0 Å². The number of aromatic nitrogens is 2.